The first-order valence-electron chi connectivity index (χ1n) is 7.51. The van der Waals surface area contributed by atoms with Crippen LogP contribution in [0.5, 0.6) is 0 Å². The molecular formula is C18H15BrClN3OS. The molecule has 25 heavy (non-hydrogen) atoms. The van der Waals surface area contributed by atoms with Gasteiger partial charge in [-0.2, -0.15) is 0 Å². The van der Waals surface area contributed by atoms with E-state index in [0.717, 1.165) is 26.6 Å². The second kappa shape index (κ2) is 8.08. The third-order valence-corrected chi connectivity index (χ3v) is 5.32. The molecule has 0 unspecified atom stereocenters. The maximum absolute atomic E-state index is 12.2. The van der Waals surface area contributed by atoms with E-state index >= 15 is 0 Å². The van der Waals surface area contributed by atoms with Crippen molar-refractivity contribution in [2.45, 2.75) is 12.1 Å². The van der Waals surface area contributed by atoms with Crippen molar-refractivity contribution in [3.8, 4) is 5.69 Å². The van der Waals surface area contributed by atoms with Crippen LogP contribution in [0.15, 0.2) is 64.5 Å². The number of nitrogens with one attached hydrogen (secondary N) is 1. The minimum absolute atomic E-state index is 0.0831. The van der Waals surface area contributed by atoms with E-state index in [0.29, 0.717) is 5.02 Å². The number of hydrogen-bond acceptors (Lipinski definition) is 3. The Morgan fingerprint density at radius 3 is 2.76 bits per heavy atom. The molecule has 0 aliphatic rings. The van der Waals surface area contributed by atoms with Gasteiger partial charge in [0.2, 0.25) is 5.91 Å². The van der Waals surface area contributed by atoms with Crippen molar-refractivity contribution >= 4 is 50.9 Å². The van der Waals surface area contributed by atoms with E-state index in [9.17, 15) is 4.79 Å². The molecule has 0 aliphatic carbocycles. The van der Waals surface area contributed by atoms with Crippen molar-refractivity contribution in [3.05, 3.63) is 69.9 Å². The van der Waals surface area contributed by atoms with E-state index in [4.69, 9.17) is 11.6 Å². The third-order valence-electron chi connectivity index (χ3n) is 3.44. The number of carbonyl (C=O) groups excluding carboxylic acids is 1. The highest BCUT2D eigenvalue weighted by Gasteiger charge is 2.10. The number of thioether (sulfide) groups is 1. The van der Waals surface area contributed by atoms with Gasteiger partial charge in [0.1, 0.15) is 0 Å². The quantitative estimate of drug-likeness (QED) is 0.550. The summed E-state index contributed by atoms with van der Waals surface area (Å²) in [4.78, 5) is 16.6. The molecule has 0 saturated carbocycles. The van der Waals surface area contributed by atoms with Crippen LogP contribution in [0, 0.1) is 6.92 Å². The molecule has 0 fully saturated rings. The van der Waals surface area contributed by atoms with Crippen LogP contribution in [0.2, 0.25) is 5.02 Å². The Kier molecular flexibility index (Phi) is 5.83. The summed E-state index contributed by atoms with van der Waals surface area (Å²) in [5.41, 5.74) is 2.84. The van der Waals surface area contributed by atoms with Gasteiger partial charge in [-0.15, -0.1) is 0 Å². The number of benzene rings is 2. The summed E-state index contributed by atoms with van der Waals surface area (Å²) in [5, 5.41) is 4.34. The molecular weight excluding hydrogens is 422 g/mol. The standard InChI is InChI=1S/C18H15BrClN3OS/c1-12-2-7-16(15(19)10-12)22-17(24)11-25-18-21-8-9-23(18)14-5-3-13(20)4-6-14/h2-10H,11H2,1H3,(H,22,24). The summed E-state index contributed by atoms with van der Waals surface area (Å²) in [6.45, 7) is 2.00. The van der Waals surface area contributed by atoms with Crippen molar-refractivity contribution in [3.63, 3.8) is 0 Å². The molecule has 1 N–H and O–H groups in total. The van der Waals surface area contributed by atoms with Crippen molar-refractivity contribution in [2.24, 2.45) is 0 Å². The molecule has 0 radical (unpaired) electrons. The van der Waals surface area contributed by atoms with Crippen LogP contribution in [-0.2, 0) is 4.79 Å². The van der Waals surface area contributed by atoms with Gasteiger partial charge < -0.3 is 5.32 Å². The maximum atomic E-state index is 12.2. The van der Waals surface area contributed by atoms with Gasteiger partial charge in [-0.25, -0.2) is 4.98 Å². The third kappa shape index (κ3) is 4.66. The number of rotatable bonds is 5. The SMILES string of the molecule is Cc1ccc(NC(=O)CSc2nccn2-c2ccc(Cl)cc2)c(Br)c1. The minimum Gasteiger partial charge on any atom is -0.324 e. The number of amides is 1. The number of nitrogens with zero attached hydrogens (tertiary/aromatic N) is 2. The van der Waals surface area contributed by atoms with E-state index in [1.54, 1.807) is 6.20 Å². The zero-order valence-corrected chi connectivity index (χ0v) is 16.5. The summed E-state index contributed by atoms with van der Waals surface area (Å²) in [6.07, 6.45) is 3.57. The van der Waals surface area contributed by atoms with Gasteiger partial charge in [0, 0.05) is 27.6 Å². The van der Waals surface area contributed by atoms with Gasteiger partial charge in [0.25, 0.3) is 0 Å². The van der Waals surface area contributed by atoms with Gasteiger partial charge in [0.15, 0.2) is 5.16 Å². The number of hydrogen-bond donors (Lipinski definition) is 1. The van der Waals surface area contributed by atoms with Crippen molar-refractivity contribution < 1.29 is 4.79 Å². The molecule has 1 amide bonds. The Balaban J connectivity index is 1.65. The van der Waals surface area contributed by atoms with Gasteiger partial charge in [0.05, 0.1) is 11.4 Å². The average Bonchev–Trinajstić information content (AvgIpc) is 3.05. The Bertz CT molecular complexity index is 896. The fourth-order valence-electron chi connectivity index (χ4n) is 2.23. The van der Waals surface area contributed by atoms with Gasteiger partial charge in [-0.1, -0.05) is 29.4 Å². The zero-order chi connectivity index (χ0) is 17.8. The topological polar surface area (TPSA) is 46.9 Å². The van der Waals surface area contributed by atoms with E-state index in [2.05, 4.69) is 26.2 Å². The van der Waals surface area contributed by atoms with Gasteiger partial charge in [-0.05, 0) is 64.8 Å². The average molecular weight is 437 g/mol. The monoisotopic (exact) mass is 435 g/mol. The number of aryl methyl sites for hydroxylation is 1. The molecule has 3 aromatic rings. The number of halogens is 2. The number of imidazole rings is 1. The molecule has 128 valence electrons. The second-order valence-corrected chi connectivity index (χ2v) is 7.61. The van der Waals surface area contributed by atoms with Crippen LogP contribution in [0.1, 0.15) is 5.56 Å². The molecule has 0 atom stereocenters. The van der Waals surface area contributed by atoms with E-state index in [1.165, 1.54) is 11.8 Å². The molecule has 4 nitrogen and oxygen atoms in total. The highest BCUT2D eigenvalue weighted by molar-refractivity contribution is 9.10. The number of anilines is 1. The molecule has 3 rings (SSSR count). The van der Waals surface area contributed by atoms with Crippen LogP contribution < -0.4 is 5.32 Å². The fraction of sp³-hybridized carbons (Fsp3) is 0.111. The summed E-state index contributed by atoms with van der Waals surface area (Å²) in [7, 11) is 0. The smallest absolute Gasteiger partial charge is 0.234 e. The molecule has 0 bridgehead atoms. The highest BCUT2D eigenvalue weighted by Crippen LogP contribution is 2.25. The first-order valence-corrected chi connectivity index (χ1v) is 9.66. The largest absolute Gasteiger partial charge is 0.324 e. The molecule has 7 heteroatoms. The number of aromatic nitrogens is 2. The van der Waals surface area contributed by atoms with Gasteiger partial charge >= 0.3 is 0 Å². The van der Waals surface area contributed by atoms with Crippen LogP contribution >= 0.6 is 39.3 Å². The Labute approximate surface area is 163 Å². The van der Waals surface area contributed by atoms with Crippen molar-refractivity contribution in [1.29, 1.82) is 0 Å². The lowest BCUT2D eigenvalue weighted by atomic mass is 10.2. The molecule has 1 aromatic heterocycles. The predicted molar refractivity (Wildman–Crippen MR) is 107 cm³/mol. The molecule has 0 spiro atoms. The van der Waals surface area contributed by atoms with Crippen molar-refractivity contribution in [1.82, 2.24) is 9.55 Å². The normalized spacial score (nSPS) is 10.7. The van der Waals surface area contributed by atoms with Gasteiger partial charge in [-0.3, -0.25) is 9.36 Å². The van der Waals surface area contributed by atoms with E-state index < -0.39 is 0 Å². The lowest BCUT2D eigenvalue weighted by molar-refractivity contribution is -0.113. The highest BCUT2D eigenvalue weighted by atomic mass is 79.9. The molecule has 1 heterocycles. The van der Waals surface area contributed by atoms with Crippen LogP contribution in [0.4, 0.5) is 5.69 Å². The Hall–Kier alpha value is -1.76. The molecule has 0 saturated heterocycles. The van der Waals surface area contributed by atoms with Crippen LogP contribution in [-0.4, -0.2) is 21.2 Å². The second-order valence-electron chi connectivity index (χ2n) is 5.38. The Morgan fingerprint density at radius 2 is 2.04 bits per heavy atom. The first-order chi connectivity index (χ1) is 12.0. The first kappa shape index (κ1) is 18.0. The minimum atomic E-state index is -0.0831. The molecule has 0 aliphatic heterocycles. The zero-order valence-electron chi connectivity index (χ0n) is 13.4. The Morgan fingerprint density at radius 1 is 1.28 bits per heavy atom. The molecule has 2 aromatic carbocycles. The summed E-state index contributed by atoms with van der Waals surface area (Å²) in [6, 6.07) is 13.3. The van der Waals surface area contributed by atoms with E-state index in [-0.39, 0.29) is 11.7 Å². The van der Waals surface area contributed by atoms with Crippen molar-refractivity contribution in [2.75, 3.05) is 11.1 Å². The van der Waals surface area contributed by atoms with E-state index in [1.807, 2.05) is 60.2 Å². The summed E-state index contributed by atoms with van der Waals surface area (Å²) < 4.78 is 2.80. The fourth-order valence-corrected chi connectivity index (χ4v) is 3.72. The predicted octanol–water partition coefficient (Wildman–Crippen LogP) is 5.33. The van der Waals surface area contributed by atoms with Crippen LogP contribution in [0.25, 0.3) is 5.69 Å². The lowest BCUT2D eigenvalue weighted by Crippen LogP contribution is -2.15. The number of carbonyl (C=O) groups is 1. The lowest BCUT2D eigenvalue weighted by Gasteiger charge is -2.09. The maximum Gasteiger partial charge on any atom is 0.234 e. The van der Waals surface area contributed by atoms with Crippen LogP contribution in [0.3, 0.4) is 0 Å². The summed E-state index contributed by atoms with van der Waals surface area (Å²) >= 11 is 10.8. The summed E-state index contributed by atoms with van der Waals surface area (Å²) in [5.74, 6) is 0.186.